The highest BCUT2D eigenvalue weighted by atomic mass is 35.5. The van der Waals surface area contributed by atoms with E-state index in [1.54, 1.807) is 55.5 Å². The number of carboxylic acid groups (broad SMARTS) is 1. The van der Waals surface area contributed by atoms with E-state index in [0.29, 0.717) is 44.1 Å². The van der Waals surface area contributed by atoms with E-state index in [-0.39, 0.29) is 11.6 Å². The fourth-order valence-corrected chi connectivity index (χ4v) is 3.32. The van der Waals surface area contributed by atoms with E-state index in [1.165, 1.54) is 13.2 Å². The molecule has 3 aromatic carbocycles. The third kappa shape index (κ3) is 4.81. The molecular weight excluding hydrogens is 444 g/mol. The molecule has 0 saturated carbocycles. The molecule has 1 aromatic heterocycles. The maximum absolute atomic E-state index is 11.5. The zero-order chi connectivity index (χ0) is 23.5. The van der Waals surface area contributed by atoms with Crippen molar-refractivity contribution in [3.63, 3.8) is 0 Å². The summed E-state index contributed by atoms with van der Waals surface area (Å²) < 4.78 is 10.4. The van der Waals surface area contributed by atoms with E-state index < -0.39 is 11.9 Å². The molecule has 0 amide bonds. The van der Waals surface area contributed by atoms with Crippen molar-refractivity contribution in [2.75, 3.05) is 7.11 Å². The number of benzene rings is 3. The number of hydrogen-bond acceptors (Lipinski definition) is 5. The maximum atomic E-state index is 11.5. The Morgan fingerprint density at radius 3 is 2.52 bits per heavy atom. The molecule has 164 valence electrons. The zero-order valence-corrected chi connectivity index (χ0v) is 18.4. The number of hydrogen-bond donors (Lipinski definition) is 2. The Bertz CT molecular complexity index is 1450. The lowest BCUT2D eigenvalue weighted by Crippen LogP contribution is -2.00. The normalized spacial score (nSPS) is 10.4. The van der Waals surface area contributed by atoms with Gasteiger partial charge in [-0.25, -0.2) is 9.59 Å². The third-order valence-corrected chi connectivity index (χ3v) is 5.16. The van der Waals surface area contributed by atoms with Crippen LogP contribution >= 0.6 is 11.6 Å². The van der Waals surface area contributed by atoms with Crippen LogP contribution in [0.25, 0.3) is 11.0 Å². The van der Waals surface area contributed by atoms with E-state index in [1.807, 2.05) is 0 Å². The van der Waals surface area contributed by atoms with Gasteiger partial charge in [-0.15, -0.1) is 0 Å². The van der Waals surface area contributed by atoms with Crippen molar-refractivity contribution in [2.45, 2.75) is 6.92 Å². The molecule has 0 aliphatic rings. The second-order valence-corrected chi connectivity index (χ2v) is 7.50. The van der Waals surface area contributed by atoms with Gasteiger partial charge in [-0.1, -0.05) is 29.5 Å². The molecule has 0 aliphatic carbocycles. The van der Waals surface area contributed by atoms with Crippen LogP contribution < -0.4 is 4.74 Å². The van der Waals surface area contributed by atoms with Crippen LogP contribution in [0.5, 0.6) is 11.8 Å². The van der Waals surface area contributed by atoms with E-state index in [9.17, 15) is 14.7 Å². The van der Waals surface area contributed by atoms with Crippen LogP contribution in [-0.2, 0) is 4.74 Å². The van der Waals surface area contributed by atoms with Crippen molar-refractivity contribution >= 4 is 34.6 Å². The second kappa shape index (κ2) is 9.07. The van der Waals surface area contributed by atoms with Crippen molar-refractivity contribution in [3.8, 4) is 23.6 Å². The predicted octanol–water partition coefficient (Wildman–Crippen LogP) is 5.20. The number of aromatic nitrogens is 2. The summed E-state index contributed by atoms with van der Waals surface area (Å²) in [5.41, 5.74) is 3.74. The van der Waals surface area contributed by atoms with Gasteiger partial charge >= 0.3 is 11.9 Å². The minimum Gasteiger partial charge on any atom is -0.478 e. The highest BCUT2D eigenvalue weighted by Gasteiger charge is 2.12. The molecule has 1 heterocycles. The number of nitrogens with one attached hydrogen (secondary N) is 1. The number of rotatable bonds is 4. The number of carbonyl (C=O) groups is 2. The Morgan fingerprint density at radius 2 is 1.82 bits per heavy atom. The van der Waals surface area contributed by atoms with Crippen LogP contribution in [0.3, 0.4) is 0 Å². The van der Waals surface area contributed by atoms with Crippen molar-refractivity contribution < 1.29 is 24.2 Å². The molecule has 4 aromatic rings. The summed E-state index contributed by atoms with van der Waals surface area (Å²) >= 11 is 6.38. The highest BCUT2D eigenvalue weighted by molar-refractivity contribution is 6.32. The van der Waals surface area contributed by atoms with Crippen LogP contribution in [0.4, 0.5) is 0 Å². The first-order valence-electron chi connectivity index (χ1n) is 9.75. The summed E-state index contributed by atoms with van der Waals surface area (Å²) in [7, 11) is 1.33. The molecule has 0 atom stereocenters. The minimum absolute atomic E-state index is 0.156. The monoisotopic (exact) mass is 460 g/mol. The molecule has 0 fully saturated rings. The van der Waals surface area contributed by atoms with Gasteiger partial charge < -0.3 is 19.6 Å². The van der Waals surface area contributed by atoms with Gasteiger partial charge in [0.2, 0.25) is 0 Å². The van der Waals surface area contributed by atoms with Gasteiger partial charge in [0.1, 0.15) is 5.75 Å². The lowest BCUT2D eigenvalue weighted by molar-refractivity contribution is 0.0599. The molecule has 0 saturated heterocycles. The van der Waals surface area contributed by atoms with E-state index >= 15 is 0 Å². The zero-order valence-electron chi connectivity index (χ0n) is 17.6. The summed E-state index contributed by atoms with van der Waals surface area (Å²) in [6.07, 6.45) is 0. The first-order valence-corrected chi connectivity index (χ1v) is 10.1. The first-order chi connectivity index (χ1) is 15.8. The quantitative estimate of drug-likeness (QED) is 0.320. The Hall–Kier alpha value is -4.28. The SMILES string of the molecule is COC(=O)c1ccc(C#Cc2cc3nc(Oc4ccc(C)c(C(=O)O)c4)[nH]c3cc2Cl)cc1. The van der Waals surface area contributed by atoms with E-state index in [4.69, 9.17) is 16.3 Å². The van der Waals surface area contributed by atoms with Crippen LogP contribution in [0.1, 0.15) is 37.4 Å². The molecule has 0 radical (unpaired) electrons. The van der Waals surface area contributed by atoms with Crippen LogP contribution in [0.15, 0.2) is 54.6 Å². The number of aromatic amines is 1. The first kappa shape index (κ1) is 21.9. The molecule has 2 N–H and O–H groups in total. The van der Waals surface area contributed by atoms with Gasteiger partial charge in [0.15, 0.2) is 0 Å². The van der Waals surface area contributed by atoms with Gasteiger partial charge in [0, 0.05) is 11.1 Å². The molecule has 0 unspecified atom stereocenters. The number of aromatic carboxylic acids is 1. The van der Waals surface area contributed by atoms with Crippen molar-refractivity contribution in [2.24, 2.45) is 0 Å². The molecule has 33 heavy (non-hydrogen) atoms. The number of carbonyl (C=O) groups excluding carboxylic acids is 1. The summed E-state index contributed by atoms with van der Waals surface area (Å²) in [5.74, 6) is 4.92. The van der Waals surface area contributed by atoms with Crippen molar-refractivity contribution in [1.29, 1.82) is 0 Å². The Morgan fingerprint density at radius 1 is 1.06 bits per heavy atom. The van der Waals surface area contributed by atoms with Gasteiger partial charge in [-0.2, -0.15) is 4.98 Å². The van der Waals surface area contributed by atoms with Crippen LogP contribution in [-0.4, -0.2) is 34.1 Å². The summed E-state index contributed by atoms with van der Waals surface area (Å²) in [6, 6.07) is 15.1. The smallest absolute Gasteiger partial charge is 0.337 e. The second-order valence-electron chi connectivity index (χ2n) is 7.09. The molecule has 8 heteroatoms. The van der Waals surface area contributed by atoms with Crippen LogP contribution in [0.2, 0.25) is 5.02 Å². The fraction of sp³-hybridized carbons (Fsp3) is 0.0800. The van der Waals surface area contributed by atoms with Gasteiger partial charge in [-0.3, -0.25) is 0 Å². The summed E-state index contributed by atoms with van der Waals surface area (Å²) in [6.45, 7) is 1.71. The maximum Gasteiger partial charge on any atom is 0.337 e. The summed E-state index contributed by atoms with van der Waals surface area (Å²) in [5, 5.41) is 9.72. The molecule has 4 rings (SSSR count). The van der Waals surface area contributed by atoms with Gasteiger partial charge in [0.05, 0.1) is 34.3 Å². The number of imidazole rings is 1. The lowest BCUT2D eigenvalue weighted by Gasteiger charge is -2.05. The minimum atomic E-state index is -1.03. The Kier molecular flexibility index (Phi) is 6.03. The number of ether oxygens (including phenoxy) is 2. The number of methoxy groups -OCH3 is 1. The molecular formula is C25H17ClN2O5. The number of fused-ring (bicyclic) bond motifs is 1. The average molecular weight is 461 g/mol. The fourth-order valence-electron chi connectivity index (χ4n) is 3.10. The van der Waals surface area contributed by atoms with E-state index in [2.05, 4.69) is 26.5 Å². The van der Waals surface area contributed by atoms with Gasteiger partial charge in [-0.05, 0) is 61.0 Å². The third-order valence-electron chi connectivity index (χ3n) is 4.85. The molecule has 0 spiro atoms. The summed E-state index contributed by atoms with van der Waals surface area (Å²) in [4.78, 5) is 30.3. The number of nitrogens with zero attached hydrogens (tertiary/aromatic N) is 1. The number of esters is 1. The Balaban J connectivity index is 1.59. The van der Waals surface area contributed by atoms with E-state index in [0.717, 1.165) is 0 Å². The van der Waals surface area contributed by atoms with Crippen molar-refractivity contribution in [1.82, 2.24) is 9.97 Å². The van der Waals surface area contributed by atoms with Gasteiger partial charge in [0.25, 0.3) is 6.01 Å². The average Bonchev–Trinajstić information content (AvgIpc) is 3.19. The Labute approximate surface area is 193 Å². The highest BCUT2D eigenvalue weighted by Crippen LogP contribution is 2.27. The molecule has 0 aliphatic heterocycles. The standard InChI is InChI=1S/C25H17ClN2O5/c1-14-3-10-18(12-19(14)23(29)30)33-25-27-21-11-17(20(26)13-22(21)28-25)9-6-15-4-7-16(8-5-15)24(31)32-2/h3-5,7-8,10-13H,1-2H3,(H,27,28)(H,29,30). The van der Waals surface area contributed by atoms with Crippen molar-refractivity contribution in [3.05, 3.63) is 87.4 Å². The molecule has 7 nitrogen and oxygen atoms in total. The van der Waals surface area contributed by atoms with Crippen LogP contribution in [0, 0.1) is 18.8 Å². The number of H-pyrrole nitrogens is 1. The number of halogens is 1. The number of aryl methyl sites for hydroxylation is 1. The topological polar surface area (TPSA) is 102 Å². The number of carboxylic acids is 1. The largest absolute Gasteiger partial charge is 0.478 e. The predicted molar refractivity (Wildman–Crippen MR) is 123 cm³/mol. The lowest BCUT2D eigenvalue weighted by atomic mass is 10.1. The molecule has 0 bridgehead atoms.